The van der Waals surface area contributed by atoms with Crippen LogP contribution in [0.25, 0.3) is 66.8 Å². The van der Waals surface area contributed by atoms with E-state index in [1.165, 1.54) is 24.3 Å². The fourth-order valence-corrected chi connectivity index (χ4v) is 13.5. The van der Waals surface area contributed by atoms with Gasteiger partial charge in [0.25, 0.3) is 11.8 Å². The van der Waals surface area contributed by atoms with Crippen LogP contribution in [0.3, 0.4) is 0 Å². The van der Waals surface area contributed by atoms with Crippen molar-refractivity contribution in [3.63, 3.8) is 0 Å². The van der Waals surface area contributed by atoms with Crippen LogP contribution >= 0.6 is 11.8 Å². The second kappa shape index (κ2) is 34.0. The monoisotopic (exact) mass is 1360 g/mol. The third kappa shape index (κ3) is 18.7. The van der Waals surface area contributed by atoms with E-state index < -0.39 is 29.7 Å². The Bertz CT molecular complexity index is 4250. The third-order valence-corrected chi connectivity index (χ3v) is 18.2. The van der Waals surface area contributed by atoms with Crippen LogP contribution in [0, 0.1) is 11.8 Å². The second-order valence-corrected chi connectivity index (χ2v) is 26.6. The number of Topliss-reactive ketones (excluding diaryl/α,β-unsaturated/α-hetero) is 2. The number of hydrogen-bond acceptors (Lipinski definition) is 19. The number of rotatable bonds is 32. The number of imide groups is 1. The number of unbranched alkanes of at least 4 members (excludes halogenated alkanes) is 1. The second-order valence-electron chi connectivity index (χ2n) is 25.4. The van der Waals surface area contributed by atoms with Crippen LogP contribution in [-0.2, 0) is 43.0 Å². The molecule has 514 valence electrons. The van der Waals surface area contributed by atoms with Gasteiger partial charge in [-0.2, -0.15) is 11.8 Å². The van der Waals surface area contributed by atoms with Crippen LogP contribution < -0.4 is 31.0 Å². The number of nitrogens with one attached hydrogen (secondary N) is 2. The smallest absolute Gasteiger partial charge is 0.338 e. The normalized spacial score (nSPS) is 15.7. The number of hydrogen-bond donors (Lipinski definition) is 2. The third-order valence-electron chi connectivity index (χ3n) is 16.7. The zero-order valence-corrected chi connectivity index (χ0v) is 56.3. The fourth-order valence-electron chi connectivity index (χ4n) is 11.9. The molecule has 3 saturated heterocycles. The SMILES string of the molecule is CC(C)COC(=O)c1ccccc1-c1c2ccc(=O)cc-2oc2cc(OCCCC(=O)CCCOCCCC(=O)CCCC[C@@H]3SC[C@@H]4NC(=O)N[C@@H]43)ccc12.CC(C)COC(=O)c1ccccc1-c1c2ccc(=O)cc-2oc2cc(OCCCC(=O)ON3C(=O)CCC3=O)ccc12. The lowest BCUT2D eigenvalue weighted by Crippen LogP contribution is -2.36. The molecule has 22 heteroatoms. The maximum atomic E-state index is 13.2. The molecule has 0 bridgehead atoms. The van der Waals surface area contributed by atoms with Crippen LogP contribution in [0.4, 0.5) is 4.79 Å². The van der Waals surface area contributed by atoms with E-state index in [0.29, 0.717) is 160 Å². The molecule has 0 radical (unpaired) electrons. The summed E-state index contributed by atoms with van der Waals surface area (Å²) in [7, 11) is 0. The zero-order valence-electron chi connectivity index (χ0n) is 55.5. The van der Waals surface area contributed by atoms with Gasteiger partial charge in [-0.15, -0.1) is 5.06 Å². The average molecular weight is 1360 g/mol. The molecule has 21 nitrogen and oxygen atoms in total. The van der Waals surface area contributed by atoms with E-state index in [0.717, 1.165) is 36.0 Å². The van der Waals surface area contributed by atoms with Gasteiger partial charge in [-0.3, -0.25) is 28.8 Å². The molecular formula is C76H81N3O18S. The number of thioether (sulfide) groups is 1. The summed E-state index contributed by atoms with van der Waals surface area (Å²) in [5.74, 6) is 0.856. The van der Waals surface area contributed by atoms with Gasteiger partial charge >= 0.3 is 23.9 Å². The summed E-state index contributed by atoms with van der Waals surface area (Å²) in [4.78, 5) is 127. The van der Waals surface area contributed by atoms with Crippen molar-refractivity contribution >= 4 is 81.0 Å². The summed E-state index contributed by atoms with van der Waals surface area (Å²) in [5.41, 5.74) is 5.46. The molecule has 5 aliphatic heterocycles. The van der Waals surface area contributed by atoms with E-state index in [2.05, 4.69) is 10.6 Å². The number of esters is 2. The summed E-state index contributed by atoms with van der Waals surface area (Å²) in [6.45, 7) is 9.96. The van der Waals surface area contributed by atoms with Crippen LogP contribution in [0.1, 0.15) is 138 Å². The van der Waals surface area contributed by atoms with Crippen LogP contribution in [-0.4, -0.2) is 115 Å². The van der Waals surface area contributed by atoms with Gasteiger partial charge in [0, 0.05) is 120 Å². The van der Waals surface area contributed by atoms with E-state index in [9.17, 15) is 47.9 Å². The maximum Gasteiger partial charge on any atom is 0.338 e. The van der Waals surface area contributed by atoms with Crippen LogP contribution in [0.5, 0.6) is 11.5 Å². The number of carbonyl (C=O) groups is 8. The largest absolute Gasteiger partial charge is 0.493 e. The average Bonchev–Trinajstić information content (AvgIpc) is 0.986. The van der Waals surface area contributed by atoms with Gasteiger partial charge in [0.15, 0.2) is 10.9 Å². The number of ketones is 2. The number of fused-ring (bicyclic) bond motifs is 5. The van der Waals surface area contributed by atoms with Crippen molar-refractivity contribution in [2.75, 3.05) is 45.4 Å². The Kier molecular flexibility index (Phi) is 24.7. The highest BCUT2D eigenvalue weighted by Crippen LogP contribution is 2.44. The number of carbonyl (C=O) groups excluding carboxylic acids is 8. The molecule has 7 aliphatic rings. The van der Waals surface area contributed by atoms with Gasteiger partial charge in [0.05, 0.1) is 56.1 Å². The maximum absolute atomic E-state index is 13.2. The molecular weight excluding hydrogens is 1270 g/mol. The molecule has 4 amide bonds. The Morgan fingerprint density at radius 3 is 1.52 bits per heavy atom. The first-order chi connectivity index (χ1) is 47.4. The molecule has 3 fully saturated rings. The lowest BCUT2D eigenvalue weighted by atomic mass is 9.91. The summed E-state index contributed by atoms with van der Waals surface area (Å²) in [6, 6.07) is 34.7. The lowest BCUT2D eigenvalue weighted by Gasteiger charge is -2.18. The summed E-state index contributed by atoms with van der Waals surface area (Å²) < 4.78 is 40.9. The van der Waals surface area contributed by atoms with Crippen molar-refractivity contribution in [2.24, 2.45) is 11.8 Å². The van der Waals surface area contributed by atoms with E-state index in [4.69, 9.17) is 37.4 Å². The highest BCUT2D eigenvalue weighted by molar-refractivity contribution is 8.00. The zero-order chi connectivity index (χ0) is 69.2. The number of nitrogens with zero attached hydrogens (tertiary/aromatic N) is 1. The van der Waals surface area contributed by atoms with Crippen molar-refractivity contribution in [1.82, 2.24) is 15.7 Å². The first-order valence-electron chi connectivity index (χ1n) is 33.5. The number of ether oxygens (including phenoxy) is 5. The molecule has 4 aromatic carbocycles. The van der Waals surface area contributed by atoms with Gasteiger partial charge in [-0.25, -0.2) is 19.2 Å². The highest BCUT2D eigenvalue weighted by atomic mass is 32.2. The molecule has 2 N–H and O–H groups in total. The minimum absolute atomic E-state index is 0.0309. The first-order valence-corrected chi connectivity index (χ1v) is 34.6. The van der Waals surface area contributed by atoms with E-state index >= 15 is 0 Å². The van der Waals surface area contributed by atoms with Gasteiger partial charge in [0.1, 0.15) is 45.8 Å². The summed E-state index contributed by atoms with van der Waals surface area (Å²) in [5, 5.41) is 8.37. The van der Waals surface area contributed by atoms with Crippen molar-refractivity contribution in [3.8, 4) is 56.4 Å². The van der Waals surface area contributed by atoms with Crippen molar-refractivity contribution in [1.29, 1.82) is 0 Å². The molecule has 3 atom stereocenters. The van der Waals surface area contributed by atoms with Gasteiger partial charge in [-0.1, -0.05) is 70.5 Å². The Hall–Kier alpha value is -9.67. The van der Waals surface area contributed by atoms with Crippen molar-refractivity contribution < 1.29 is 75.7 Å². The van der Waals surface area contributed by atoms with Crippen LogP contribution in [0.15, 0.2) is 140 Å². The fraction of sp³-hybridized carbons (Fsp3) is 0.395. The molecule has 4 aromatic rings. The number of amides is 4. The molecule has 2 aliphatic carbocycles. The van der Waals surface area contributed by atoms with Crippen molar-refractivity contribution in [3.05, 3.63) is 153 Å². The Morgan fingerprint density at radius 2 is 1.01 bits per heavy atom. The van der Waals surface area contributed by atoms with E-state index in [1.54, 1.807) is 54.6 Å². The molecule has 0 spiro atoms. The minimum atomic E-state index is -0.703. The highest BCUT2D eigenvalue weighted by Gasteiger charge is 2.42. The Morgan fingerprint density at radius 1 is 0.531 bits per heavy atom. The van der Waals surface area contributed by atoms with E-state index in [1.807, 2.05) is 81.9 Å². The topological polar surface area (TPSA) is 280 Å². The van der Waals surface area contributed by atoms with Gasteiger partial charge in [0.2, 0.25) is 0 Å². The summed E-state index contributed by atoms with van der Waals surface area (Å²) in [6.07, 6.45) is 6.94. The molecule has 5 heterocycles. The molecule has 98 heavy (non-hydrogen) atoms. The predicted octanol–water partition coefficient (Wildman–Crippen LogP) is 13.1. The lowest BCUT2D eigenvalue weighted by molar-refractivity contribution is -0.197. The molecule has 0 aromatic heterocycles. The number of hydroxylamine groups is 2. The predicted molar refractivity (Wildman–Crippen MR) is 369 cm³/mol. The quantitative estimate of drug-likeness (QED) is 0.0130. The van der Waals surface area contributed by atoms with Crippen LogP contribution in [0.2, 0.25) is 0 Å². The molecule has 0 unspecified atom stereocenters. The van der Waals surface area contributed by atoms with Gasteiger partial charge in [-0.05, 0) is 122 Å². The summed E-state index contributed by atoms with van der Waals surface area (Å²) >= 11 is 1.90. The van der Waals surface area contributed by atoms with Gasteiger partial charge < -0.3 is 48.0 Å². The Balaban J connectivity index is 0.000000221. The van der Waals surface area contributed by atoms with E-state index in [-0.39, 0.29) is 91.3 Å². The molecule has 11 rings (SSSR count). The number of benzene rings is 6. The number of urea groups is 1. The van der Waals surface area contributed by atoms with Crippen molar-refractivity contribution in [2.45, 2.75) is 135 Å². The standard InChI is InChI=1S/C44H52N2O9S.C32H29NO9/c1-28(2)26-54-43(50)34-15-5-4-14-33(34)41-35-19-17-31(49)24-38(35)55-39-25-32(18-20-36(39)41)53-23-9-13-30(48)12-8-22-52-21-7-11-29(47)10-3-6-16-40-42-37(27-56-40)45-44(51)46-42;1-19(2)18-40-32(38)23-7-4-3-6-22(23)31-24-11-9-20(34)16-26(24)41-27-17-21(10-12-25(27)31)39-15-5-8-30(37)42-33-28(35)13-14-29(33)36/h4-5,14-15,17-20,24-25,28,37,40,42H,3,6-13,16,21-23,26-27H2,1-2H3,(H2,45,46,51);3-4,6-7,9-12,16-17,19H,5,8,13-15,18H2,1-2H3/t37-,40-,42-;/m0./s1. The molecule has 0 saturated carbocycles. The minimum Gasteiger partial charge on any atom is -0.493 e. The Labute approximate surface area is 571 Å². The first kappa shape index (κ1) is 71.1.